The molecule has 2 aromatic rings. The molecule has 0 spiro atoms. The second kappa shape index (κ2) is 7.20. The summed E-state index contributed by atoms with van der Waals surface area (Å²) in [6, 6.07) is 12.9. The third kappa shape index (κ3) is 3.96. The predicted octanol–water partition coefficient (Wildman–Crippen LogP) is 3.99. The van der Waals surface area contributed by atoms with Crippen LogP contribution in [0.5, 0.6) is 11.5 Å². The lowest BCUT2D eigenvalue weighted by atomic mass is 9.82. The first-order chi connectivity index (χ1) is 13.1. The molecule has 0 bridgehead atoms. The van der Waals surface area contributed by atoms with Gasteiger partial charge in [-0.1, -0.05) is 26.0 Å². The third-order valence-electron chi connectivity index (χ3n) is 5.07. The van der Waals surface area contributed by atoms with Gasteiger partial charge in [-0.2, -0.15) is 5.26 Å². The smallest absolute Gasteiger partial charge is 0.251 e. The van der Waals surface area contributed by atoms with Crippen molar-refractivity contribution in [3.8, 4) is 17.6 Å². The maximum atomic E-state index is 12.5. The van der Waals surface area contributed by atoms with Crippen LogP contribution in [0.2, 0.25) is 0 Å². The van der Waals surface area contributed by atoms with Gasteiger partial charge < -0.3 is 14.8 Å². The van der Waals surface area contributed by atoms with E-state index < -0.39 is 0 Å². The summed E-state index contributed by atoms with van der Waals surface area (Å²) >= 11 is 0. The summed E-state index contributed by atoms with van der Waals surface area (Å²) in [4.78, 5) is 12.5. The topological polar surface area (TPSA) is 71.3 Å². The zero-order chi connectivity index (χ0) is 20.5. The van der Waals surface area contributed by atoms with E-state index in [1.807, 2.05) is 6.07 Å². The zero-order valence-corrected chi connectivity index (χ0v) is 17.1. The first-order valence-corrected chi connectivity index (χ1v) is 9.34. The summed E-state index contributed by atoms with van der Waals surface area (Å²) < 4.78 is 11.6. The molecule has 0 fully saturated rings. The molecule has 0 saturated carbocycles. The Hall–Kier alpha value is -3.00. The number of hydrogen-bond donors (Lipinski definition) is 1. The summed E-state index contributed by atoms with van der Waals surface area (Å²) in [7, 11) is 1.64. The van der Waals surface area contributed by atoms with E-state index >= 15 is 0 Å². The van der Waals surface area contributed by atoms with Gasteiger partial charge in [-0.15, -0.1) is 0 Å². The zero-order valence-electron chi connectivity index (χ0n) is 17.1. The van der Waals surface area contributed by atoms with Gasteiger partial charge in [-0.3, -0.25) is 4.79 Å². The fraction of sp³-hybridized carbons (Fsp3) is 0.391. The average molecular weight is 378 g/mol. The van der Waals surface area contributed by atoms with Crippen LogP contribution in [0.4, 0.5) is 0 Å². The number of carbonyl (C=O) groups is 1. The van der Waals surface area contributed by atoms with Crippen molar-refractivity contribution in [2.75, 3.05) is 13.7 Å². The van der Waals surface area contributed by atoms with Crippen molar-refractivity contribution in [2.45, 2.75) is 45.1 Å². The van der Waals surface area contributed by atoms with Crippen molar-refractivity contribution in [2.24, 2.45) is 0 Å². The molecule has 0 aliphatic carbocycles. The van der Waals surface area contributed by atoms with E-state index in [2.05, 4.69) is 45.1 Å². The average Bonchev–Trinajstić information content (AvgIpc) is 2.99. The highest BCUT2D eigenvalue weighted by Crippen LogP contribution is 2.44. The standard InChI is InChI=1S/C23H26N2O3/c1-22(2,14-25-21(26)16-8-6-7-15(9-16)13-24)18-10-17-12-23(3,4)28-20(17)19(11-18)27-5/h6-11H,12,14H2,1-5H3,(H,25,26). The van der Waals surface area contributed by atoms with Crippen LogP contribution in [-0.4, -0.2) is 25.2 Å². The number of ether oxygens (including phenoxy) is 2. The highest BCUT2D eigenvalue weighted by molar-refractivity contribution is 5.94. The molecule has 1 N–H and O–H groups in total. The van der Waals surface area contributed by atoms with Gasteiger partial charge in [0, 0.05) is 29.5 Å². The number of nitrogens with one attached hydrogen (secondary N) is 1. The Bertz CT molecular complexity index is 955. The van der Waals surface area contributed by atoms with Gasteiger partial charge in [-0.25, -0.2) is 0 Å². The molecule has 0 atom stereocenters. The minimum Gasteiger partial charge on any atom is -0.493 e. The molecule has 28 heavy (non-hydrogen) atoms. The molecule has 1 heterocycles. The van der Waals surface area contributed by atoms with E-state index in [-0.39, 0.29) is 16.9 Å². The molecule has 0 unspecified atom stereocenters. The van der Waals surface area contributed by atoms with Crippen molar-refractivity contribution in [3.05, 3.63) is 58.7 Å². The van der Waals surface area contributed by atoms with Crippen LogP contribution in [-0.2, 0) is 11.8 Å². The van der Waals surface area contributed by atoms with E-state index in [1.165, 1.54) is 0 Å². The lowest BCUT2D eigenvalue weighted by Gasteiger charge is -2.27. The normalized spacial score (nSPS) is 14.6. The van der Waals surface area contributed by atoms with Gasteiger partial charge in [-0.05, 0) is 43.7 Å². The van der Waals surface area contributed by atoms with Crippen LogP contribution in [0.25, 0.3) is 0 Å². The number of nitrogens with zero attached hydrogens (tertiary/aromatic N) is 1. The second-order valence-electron chi connectivity index (χ2n) is 8.46. The van der Waals surface area contributed by atoms with Gasteiger partial charge in [0.05, 0.1) is 18.7 Å². The SMILES string of the molecule is COc1cc(C(C)(C)CNC(=O)c2cccc(C#N)c2)cc2c1OC(C)(C)C2. The lowest BCUT2D eigenvalue weighted by Crippen LogP contribution is -2.36. The van der Waals surface area contributed by atoms with Crippen LogP contribution in [0.1, 0.15) is 54.7 Å². The summed E-state index contributed by atoms with van der Waals surface area (Å²) in [6.45, 7) is 8.75. The molecule has 2 aromatic carbocycles. The van der Waals surface area contributed by atoms with E-state index in [0.29, 0.717) is 17.7 Å². The summed E-state index contributed by atoms with van der Waals surface area (Å²) in [6.07, 6.45) is 0.815. The molecule has 0 saturated heterocycles. The van der Waals surface area contributed by atoms with Crippen molar-refractivity contribution in [1.82, 2.24) is 5.32 Å². The predicted molar refractivity (Wildman–Crippen MR) is 108 cm³/mol. The number of benzene rings is 2. The molecular formula is C23H26N2O3. The van der Waals surface area contributed by atoms with Gasteiger partial charge >= 0.3 is 0 Å². The van der Waals surface area contributed by atoms with E-state index in [1.54, 1.807) is 31.4 Å². The Morgan fingerprint density at radius 2 is 2.07 bits per heavy atom. The maximum Gasteiger partial charge on any atom is 0.251 e. The van der Waals surface area contributed by atoms with Gasteiger partial charge in [0.15, 0.2) is 11.5 Å². The lowest BCUT2D eigenvalue weighted by molar-refractivity contribution is 0.0945. The number of hydrogen-bond acceptors (Lipinski definition) is 4. The first kappa shape index (κ1) is 19.8. The first-order valence-electron chi connectivity index (χ1n) is 9.34. The summed E-state index contributed by atoms with van der Waals surface area (Å²) in [5.74, 6) is 1.34. The summed E-state index contributed by atoms with van der Waals surface area (Å²) in [5, 5.41) is 12.0. The van der Waals surface area contributed by atoms with Gasteiger partial charge in [0.25, 0.3) is 5.91 Å². The van der Waals surface area contributed by atoms with Crippen molar-refractivity contribution in [3.63, 3.8) is 0 Å². The van der Waals surface area contributed by atoms with Crippen LogP contribution < -0.4 is 14.8 Å². The maximum absolute atomic E-state index is 12.5. The van der Waals surface area contributed by atoms with Crippen molar-refractivity contribution in [1.29, 1.82) is 5.26 Å². The molecular weight excluding hydrogens is 352 g/mol. The molecule has 3 rings (SSSR count). The Morgan fingerprint density at radius 1 is 1.32 bits per heavy atom. The largest absolute Gasteiger partial charge is 0.493 e. The van der Waals surface area contributed by atoms with Crippen LogP contribution in [0.15, 0.2) is 36.4 Å². The molecule has 0 radical (unpaired) electrons. The number of amides is 1. The minimum absolute atomic E-state index is 0.192. The Morgan fingerprint density at radius 3 is 2.75 bits per heavy atom. The third-order valence-corrected chi connectivity index (χ3v) is 5.07. The highest BCUT2D eigenvalue weighted by atomic mass is 16.5. The molecule has 5 heteroatoms. The van der Waals surface area contributed by atoms with Crippen LogP contribution in [0, 0.1) is 11.3 Å². The van der Waals surface area contributed by atoms with Crippen LogP contribution in [0.3, 0.4) is 0 Å². The summed E-state index contributed by atoms with van der Waals surface area (Å²) in [5.41, 5.74) is 2.60. The minimum atomic E-state index is -0.308. The van der Waals surface area contributed by atoms with Crippen LogP contribution >= 0.6 is 0 Å². The Balaban J connectivity index is 1.80. The highest BCUT2D eigenvalue weighted by Gasteiger charge is 2.34. The fourth-order valence-corrected chi connectivity index (χ4v) is 3.46. The molecule has 1 aliphatic heterocycles. The van der Waals surface area contributed by atoms with Gasteiger partial charge in [0.1, 0.15) is 5.60 Å². The van der Waals surface area contributed by atoms with E-state index in [4.69, 9.17) is 14.7 Å². The van der Waals surface area contributed by atoms with E-state index in [9.17, 15) is 4.79 Å². The number of fused-ring (bicyclic) bond motifs is 1. The Labute approximate surface area is 166 Å². The number of rotatable bonds is 5. The van der Waals surface area contributed by atoms with Crippen molar-refractivity contribution < 1.29 is 14.3 Å². The molecule has 146 valence electrons. The molecule has 1 aliphatic rings. The van der Waals surface area contributed by atoms with Gasteiger partial charge in [0.2, 0.25) is 0 Å². The van der Waals surface area contributed by atoms with Crippen molar-refractivity contribution >= 4 is 5.91 Å². The monoisotopic (exact) mass is 378 g/mol. The number of carbonyl (C=O) groups excluding carboxylic acids is 1. The fourth-order valence-electron chi connectivity index (χ4n) is 3.46. The molecule has 5 nitrogen and oxygen atoms in total. The quantitative estimate of drug-likeness (QED) is 0.854. The molecule has 1 amide bonds. The molecule has 0 aromatic heterocycles. The Kier molecular flexibility index (Phi) is 5.08. The number of nitriles is 1. The number of methoxy groups -OCH3 is 1. The van der Waals surface area contributed by atoms with E-state index in [0.717, 1.165) is 29.0 Å². The second-order valence-corrected chi connectivity index (χ2v) is 8.46.